The molecule has 0 aliphatic heterocycles. The zero-order valence-electron chi connectivity index (χ0n) is 10.6. The van der Waals surface area contributed by atoms with E-state index in [0.29, 0.717) is 6.42 Å². The van der Waals surface area contributed by atoms with Crippen molar-refractivity contribution in [2.45, 2.75) is 25.8 Å². The number of phenolic OH excluding ortho intramolecular Hbond substituents is 1. The summed E-state index contributed by atoms with van der Waals surface area (Å²) < 4.78 is 5.19. The highest BCUT2D eigenvalue weighted by molar-refractivity contribution is 5.78. The maximum absolute atomic E-state index is 11.6. The lowest BCUT2D eigenvalue weighted by molar-refractivity contribution is -0.125. The molecule has 0 spiro atoms. The van der Waals surface area contributed by atoms with Gasteiger partial charge in [-0.05, 0) is 25.5 Å². The van der Waals surface area contributed by atoms with E-state index < -0.39 is 5.54 Å². The minimum Gasteiger partial charge on any atom is -0.504 e. The Morgan fingerprint density at radius 1 is 1.44 bits per heavy atom. The third-order valence-electron chi connectivity index (χ3n) is 2.79. The zero-order chi connectivity index (χ0) is 13.6. The first-order chi connectivity index (χ1) is 8.50. The number of hydrogen-bond donors (Lipinski definition) is 3. The number of rotatable bonds is 6. The Kier molecular flexibility index (Phi) is 4.97. The fourth-order valence-electron chi connectivity index (χ4n) is 1.33. The molecule has 0 fully saturated rings. The molecule has 5 nitrogen and oxygen atoms in total. The van der Waals surface area contributed by atoms with E-state index in [2.05, 4.69) is 5.32 Å². The van der Waals surface area contributed by atoms with E-state index >= 15 is 0 Å². The van der Waals surface area contributed by atoms with Crippen molar-refractivity contribution in [2.75, 3.05) is 13.2 Å². The number of amides is 1. The van der Waals surface area contributed by atoms with Crippen LogP contribution in [0.2, 0.25) is 0 Å². The van der Waals surface area contributed by atoms with Gasteiger partial charge in [0.15, 0.2) is 18.1 Å². The number of aromatic hydroxyl groups is 1. The number of hydrogen-bond acceptors (Lipinski definition) is 4. The van der Waals surface area contributed by atoms with E-state index in [1.54, 1.807) is 25.1 Å². The van der Waals surface area contributed by atoms with Crippen LogP contribution in [0.15, 0.2) is 24.3 Å². The third-order valence-corrected chi connectivity index (χ3v) is 2.79. The van der Waals surface area contributed by atoms with E-state index in [4.69, 9.17) is 9.84 Å². The van der Waals surface area contributed by atoms with Crippen molar-refractivity contribution in [2.24, 2.45) is 0 Å². The van der Waals surface area contributed by atoms with Gasteiger partial charge in [0.1, 0.15) is 0 Å². The van der Waals surface area contributed by atoms with E-state index in [1.807, 2.05) is 6.92 Å². The summed E-state index contributed by atoms with van der Waals surface area (Å²) in [4.78, 5) is 11.6. The summed E-state index contributed by atoms with van der Waals surface area (Å²) in [5, 5.41) is 21.3. The van der Waals surface area contributed by atoms with Gasteiger partial charge in [-0.25, -0.2) is 0 Å². The lowest BCUT2D eigenvalue weighted by Gasteiger charge is -2.27. The number of ether oxygens (including phenoxy) is 1. The van der Waals surface area contributed by atoms with E-state index in [-0.39, 0.29) is 30.6 Å². The van der Waals surface area contributed by atoms with Gasteiger partial charge in [-0.3, -0.25) is 4.79 Å². The minimum atomic E-state index is -0.640. The molecule has 0 aromatic heterocycles. The number of carbonyl (C=O) groups excluding carboxylic acids is 1. The highest BCUT2D eigenvalue weighted by Gasteiger charge is 2.23. The summed E-state index contributed by atoms with van der Waals surface area (Å²) in [6, 6.07) is 6.43. The molecule has 1 aromatic rings. The highest BCUT2D eigenvalue weighted by atomic mass is 16.5. The molecule has 5 heteroatoms. The average Bonchev–Trinajstić information content (AvgIpc) is 2.37. The molecule has 100 valence electrons. The van der Waals surface area contributed by atoms with Crippen molar-refractivity contribution in [1.29, 1.82) is 0 Å². The molecular formula is C13H19NO4. The Morgan fingerprint density at radius 2 is 2.11 bits per heavy atom. The van der Waals surface area contributed by atoms with Crippen LogP contribution in [0.25, 0.3) is 0 Å². The number of aliphatic hydroxyl groups excluding tert-OH is 1. The van der Waals surface area contributed by atoms with Crippen molar-refractivity contribution >= 4 is 5.91 Å². The quantitative estimate of drug-likeness (QED) is 0.708. The van der Waals surface area contributed by atoms with Crippen molar-refractivity contribution in [3.8, 4) is 11.5 Å². The highest BCUT2D eigenvalue weighted by Crippen LogP contribution is 2.24. The van der Waals surface area contributed by atoms with Crippen LogP contribution in [0.5, 0.6) is 11.5 Å². The number of aliphatic hydroxyl groups is 1. The first-order valence-corrected chi connectivity index (χ1v) is 5.83. The van der Waals surface area contributed by atoms with E-state index in [1.165, 1.54) is 6.07 Å². The Labute approximate surface area is 106 Å². The van der Waals surface area contributed by atoms with Crippen LogP contribution in [0.4, 0.5) is 0 Å². The second-order valence-electron chi connectivity index (χ2n) is 4.38. The third kappa shape index (κ3) is 3.92. The number of carbonyl (C=O) groups is 1. The van der Waals surface area contributed by atoms with Crippen LogP contribution in [-0.4, -0.2) is 34.9 Å². The average molecular weight is 253 g/mol. The van der Waals surface area contributed by atoms with Crippen molar-refractivity contribution in [1.82, 2.24) is 5.32 Å². The molecular weight excluding hydrogens is 234 g/mol. The number of benzene rings is 1. The second kappa shape index (κ2) is 6.26. The maximum Gasteiger partial charge on any atom is 0.258 e. The van der Waals surface area contributed by atoms with Crippen LogP contribution in [0, 0.1) is 0 Å². The Hall–Kier alpha value is -1.75. The normalized spacial score (nSPS) is 13.7. The summed E-state index contributed by atoms with van der Waals surface area (Å²) in [5.41, 5.74) is -0.640. The molecule has 0 aliphatic carbocycles. The van der Waals surface area contributed by atoms with Gasteiger partial charge >= 0.3 is 0 Å². The summed E-state index contributed by atoms with van der Waals surface area (Å²) >= 11 is 0. The molecule has 1 aromatic carbocycles. The molecule has 1 amide bonds. The van der Waals surface area contributed by atoms with Crippen molar-refractivity contribution in [3.05, 3.63) is 24.3 Å². The predicted octanol–water partition coefficient (Wildman–Crippen LogP) is 1.05. The smallest absolute Gasteiger partial charge is 0.258 e. The topological polar surface area (TPSA) is 78.8 Å². The van der Waals surface area contributed by atoms with Gasteiger partial charge in [-0.2, -0.15) is 0 Å². The molecule has 0 radical (unpaired) electrons. The summed E-state index contributed by atoms with van der Waals surface area (Å²) in [7, 11) is 0. The van der Waals surface area contributed by atoms with Crippen LogP contribution in [-0.2, 0) is 4.79 Å². The molecule has 0 heterocycles. The molecule has 1 atom stereocenters. The van der Waals surface area contributed by atoms with Crippen molar-refractivity contribution in [3.63, 3.8) is 0 Å². The van der Waals surface area contributed by atoms with Gasteiger partial charge in [0.25, 0.3) is 5.91 Å². The zero-order valence-corrected chi connectivity index (χ0v) is 10.6. The molecule has 0 bridgehead atoms. The first kappa shape index (κ1) is 14.3. The van der Waals surface area contributed by atoms with Gasteiger partial charge in [0, 0.05) is 0 Å². The lowest BCUT2D eigenvalue weighted by Crippen LogP contribution is -2.49. The van der Waals surface area contributed by atoms with Crippen LogP contribution in [0.1, 0.15) is 20.3 Å². The Bertz CT molecular complexity index is 402. The van der Waals surface area contributed by atoms with E-state index in [9.17, 15) is 9.90 Å². The predicted molar refractivity (Wildman–Crippen MR) is 67.5 cm³/mol. The monoisotopic (exact) mass is 253 g/mol. The van der Waals surface area contributed by atoms with Gasteiger partial charge in [0.2, 0.25) is 0 Å². The molecule has 18 heavy (non-hydrogen) atoms. The summed E-state index contributed by atoms with van der Waals surface area (Å²) in [6.07, 6.45) is 0.617. The number of nitrogens with one attached hydrogen (secondary N) is 1. The van der Waals surface area contributed by atoms with Crippen molar-refractivity contribution < 1.29 is 19.7 Å². The SMILES string of the molecule is CCC(C)(CO)NC(=O)COc1ccccc1O. The minimum absolute atomic E-state index is 0.00860. The fraction of sp³-hybridized carbons (Fsp3) is 0.462. The van der Waals surface area contributed by atoms with Crippen LogP contribution < -0.4 is 10.1 Å². The standard InChI is InChI=1S/C13H19NO4/c1-3-13(2,9-15)14-12(17)8-18-11-7-5-4-6-10(11)16/h4-7,15-16H,3,8-9H2,1-2H3,(H,14,17). The molecule has 0 saturated heterocycles. The Morgan fingerprint density at radius 3 is 2.67 bits per heavy atom. The van der Waals surface area contributed by atoms with E-state index in [0.717, 1.165) is 0 Å². The lowest BCUT2D eigenvalue weighted by atomic mass is 10.0. The van der Waals surface area contributed by atoms with Gasteiger partial charge in [-0.15, -0.1) is 0 Å². The van der Waals surface area contributed by atoms with Crippen LogP contribution in [0.3, 0.4) is 0 Å². The first-order valence-electron chi connectivity index (χ1n) is 5.83. The second-order valence-corrected chi connectivity index (χ2v) is 4.38. The fourth-order valence-corrected chi connectivity index (χ4v) is 1.33. The molecule has 1 rings (SSSR count). The van der Waals surface area contributed by atoms with Gasteiger partial charge < -0.3 is 20.3 Å². The number of phenols is 1. The van der Waals surface area contributed by atoms with Crippen LogP contribution >= 0.6 is 0 Å². The van der Waals surface area contributed by atoms with Gasteiger partial charge in [-0.1, -0.05) is 19.1 Å². The molecule has 1 unspecified atom stereocenters. The Balaban J connectivity index is 2.50. The molecule has 0 aliphatic rings. The molecule has 0 saturated carbocycles. The largest absolute Gasteiger partial charge is 0.504 e. The maximum atomic E-state index is 11.6. The van der Waals surface area contributed by atoms with Gasteiger partial charge in [0.05, 0.1) is 12.1 Å². The number of para-hydroxylation sites is 2. The summed E-state index contributed by atoms with van der Waals surface area (Å²) in [6.45, 7) is 3.30. The molecule has 3 N–H and O–H groups in total. The summed E-state index contributed by atoms with van der Waals surface area (Å²) in [5.74, 6) is -0.0859.